The Morgan fingerprint density at radius 1 is 1.09 bits per heavy atom. The number of rotatable bonds is 4. The van der Waals surface area contributed by atoms with Crippen LogP contribution in [-0.4, -0.2) is 17.8 Å². The summed E-state index contributed by atoms with van der Waals surface area (Å²) in [5, 5.41) is 6.76. The van der Waals surface area contributed by atoms with E-state index >= 15 is 0 Å². The van der Waals surface area contributed by atoms with Gasteiger partial charge in [-0.15, -0.1) is 4.70 Å². The van der Waals surface area contributed by atoms with E-state index in [0.717, 1.165) is 0 Å². The first-order chi connectivity index (χ1) is 5.24. The van der Waals surface area contributed by atoms with Crippen molar-refractivity contribution in [2.24, 2.45) is 10.4 Å². The lowest BCUT2D eigenvalue weighted by Gasteiger charge is -2.18. The first kappa shape index (κ1) is 9.58. The largest absolute Gasteiger partial charge is 0.130 e. The van der Waals surface area contributed by atoms with E-state index in [1.54, 1.807) is 13.8 Å². The van der Waals surface area contributed by atoms with Gasteiger partial charge in [-0.2, -0.15) is 0 Å². The van der Waals surface area contributed by atoms with E-state index in [1.165, 1.54) is 0 Å². The monoisotopic (exact) mass is 156 g/mol. The summed E-state index contributed by atoms with van der Waals surface area (Å²) in [5.74, 6) is 0. The Morgan fingerprint density at radius 3 is 1.64 bits per heavy atom. The lowest BCUT2D eigenvalue weighted by molar-refractivity contribution is -0.941. The average molecular weight is 156 g/mol. The van der Waals surface area contributed by atoms with Crippen molar-refractivity contribution in [1.29, 1.82) is 0 Å². The highest BCUT2D eigenvalue weighted by Crippen LogP contribution is 2.08. The molecule has 0 N–H and O–H groups in total. The molecule has 0 fully saturated rings. The summed E-state index contributed by atoms with van der Waals surface area (Å²) in [4.78, 5) is 5.20. The molecule has 0 aliphatic rings. The second kappa shape index (κ2) is 4.40. The molecule has 0 aromatic rings. The van der Waals surface area contributed by atoms with Gasteiger partial charge in [0.15, 0.2) is 0 Å². The number of azide groups is 1. The lowest BCUT2D eigenvalue weighted by atomic mass is 10.6. The van der Waals surface area contributed by atoms with Gasteiger partial charge in [0.05, 0.1) is 9.82 Å². The fraction of sp³-hybridized carbons (Fsp3) is 1.00. The summed E-state index contributed by atoms with van der Waals surface area (Å²) in [6, 6.07) is 0. The number of hydrogen-bond donors (Lipinski definition) is 0. The van der Waals surface area contributed by atoms with Crippen LogP contribution in [0.2, 0.25) is 0 Å². The van der Waals surface area contributed by atoms with E-state index in [-0.39, 0.29) is 4.70 Å². The minimum atomic E-state index is -0.257. The topological polar surface area (TPSA) is 97.5 Å². The molecule has 0 saturated heterocycles. The maximum Gasteiger partial charge on any atom is 0.130 e. The molecule has 11 heavy (non-hydrogen) atoms. The fourth-order valence-electron chi connectivity index (χ4n) is 0.643. The molecule has 0 aromatic heterocycles. The van der Waals surface area contributed by atoms with Crippen molar-refractivity contribution in [3.05, 3.63) is 20.9 Å². The Bertz CT molecular complexity index is 184. The second-order valence-electron chi connectivity index (χ2n) is 1.87. The van der Waals surface area contributed by atoms with Crippen LogP contribution in [0.4, 0.5) is 0 Å². The molecule has 7 heteroatoms. The average Bonchev–Trinajstić information content (AvgIpc) is 2.04. The molecule has 0 heterocycles. The third-order valence-corrected chi connectivity index (χ3v) is 1.43. The van der Waals surface area contributed by atoms with Gasteiger partial charge in [-0.05, 0) is 13.8 Å². The molecule has 0 unspecified atom stereocenters. The van der Waals surface area contributed by atoms with Gasteiger partial charge in [-0.3, -0.25) is 0 Å². The Morgan fingerprint density at radius 2 is 1.45 bits per heavy atom. The molecular weight excluding hydrogens is 146 g/mol. The summed E-state index contributed by atoms with van der Waals surface area (Å²) in [6.45, 7) is 4.50. The molecule has 0 rings (SSSR count). The number of quaternary nitrogens is 1. The maximum absolute atomic E-state index is 8.15. The minimum Gasteiger partial charge on any atom is -0.107 e. The normalized spacial score (nSPS) is 9.64. The van der Waals surface area contributed by atoms with Crippen molar-refractivity contribution in [2.75, 3.05) is 13.1 Å². The summed E-state index contributed by atoms with van der Waals surface area (Å²) in [7, 11) is 0. The molecule has 0 aliphatic heterocycles. The van der Waals surface area contributed by atoms with Gasteiger partial charge in [0, 0.05) is 11.1 Å². The Kier molecular flexibility index (Phi) is 3.84. The molecule has 0 aromatic carbocycles. The standard InChI is InChI=1S/C4H10N7/c1-3-11(4-2,9-7-5)10-8-6/h3-4H2,1-2H3/q+1. The van der Waals surface area contributed by atoms with Gasteiger partial charge in [-0.25, -0.2) is 0 Å². The molecule has 7 nitrogen and oxygen atoms in total. The first-order valence-electron chi connectivity index (χ1n) is 3.25. The third kappa shape index (κ3) is 2.35. The van der Waals surface area contributed by atoms with Crippen molar-refractivity contribution in [2.45, 2.75) is 13.8 Å². The second-order valence-corrected chi connectivity index (χ2v) is 1.87. The van der Waals surface area contributed by atoms with E-state index in [0.29, 0.717) is 13.1 Å². The van der Waals surface area contributed by atoms with E-state index < -0.39 is 0 Å². The minimum absolute atomic E-state index is 0.257. The van der Waals surface area contributed by atoms with Crippen LogP contribution in [0, 0.1) is 0 Å². The van der Waals surface area contributed by atoms with Crippen molar-refractivity contribution in [3.8, 4) is 0 Å². The number of hydrogen-bond acceptors (Lipinski definition) is 2. The van der Waals surface area contributed by atoms with Gasteiger partial charge in [0.25, 0.3) is 0 Å². The van der Waals surface area contributed by atoms with Gasteiger partial charge in [0.1, 0.15) is 23.5 Å². The third-order valence-electron chi connectivity index (χ3n) is 1.43. The van der Waals surface area contributed by atoms with E-state index in [2.05, 4.69) is 20.3 Å². The van der Waals surface area contributed by atoms with E-state index in [1.807, 2.05) is 0 Å². The van der Waals surface area contributed by atoms with Crippen LogP contribution >= 0.6 is 0 Å². The molecule has 0 aliphatic carbocycles. The highest BCUT2D eigenvalue weighted by Gasteiger charge is 2.21. The summed E-state index contributed by atoms with van der Waals surface area (Å²) in [6.07, 6.45) is 0. The molecular formula is C4H10N7+. The van der Waals surface area contributed by atoms with Crippen LogP contribution in [0.25, 0.3) is 20.9 Å². The zero-order valence-electron chi connectivity index (χ0n) is 6.54. The molecule has 0 radical (unpaired) electrons. The van der Waals surface area contributed by atoms with Gasteiger partial charge in [-0.1, -0.05) is 0 Å². The Balaban J connectivity index is 4.72. The zero-order chi connectivity index (χ0) is 8.74. The Hall–Kier alpha value is -1.42. The fourth-order valence-corrected chi connectivity index (χ4v) is 0.643. The molecule has 0 bridgehead atoms. The predicted molar refractivity (Wildman–Crippen MR) is 39.6 cm³/mol. The van der Waals surface area contributed by atoms with Crippen LogP contribution in [0.5, 0.6) is 0 Å². The van der Waals surface area contributed by atoms with Crippen molar-refractivity contribution >= 4 is 0 Å². The molecule has 0 spiro atoms. The lowest BCUT2D eigenvalue weighted by Crippen LogP contribution is -2.35. The van der Waals surface area contributed by atoms with Gasteiger partial charge in [0.2, 0.25) is 0 Å². The van der Waals surface area contributed by atoms with Gasteiger partial charge < -0.3 is 0 Å². The summed E-state index contributed by atoms with van der Waals surface area (Å²) >= 11 is 0. The molecule has 0 amide bonds. The summed E-state index contributed by atoms with van der Waals surface area (Å²) < 4.78 is -0.257. The highest BCUT2D eigenvalue weighted by molar-refractivity contribution is 4.36. The zero-order valence-corrected chi connectivity index (χ0v) is 6.54. The van der Waals surface area contributed by atoms with E-state index in [4.69, 9.17) is 11.1 Å². The molecule has 0 saturated carbocycles. The van der Waals surface area contributed by atoms with E-state index in [9.17, 15) is 0 Å². The summed E-state index contributed by atoms with van der Waals surface area (Å²) in [5.41, 5.74) is 16.3. The SMILES string of the molecule is CC[N+](CC)(N=[N+]=[N-])N=[N+]=[N-]. The molecule has 0 atom stereocenters. The Labute approximate surface area is 64.0 Å². The maximum atomic E-state index is 8.15. The van der Waals surface area contributed by atoms with Crippen LogP contribution in [0.1, 0.15) is 13.8 Å². The van der Waals surface area contributed by atoms with Crippen LogP contribution in [0.3, 0.4) is 0 Å². The van der Waals surface area contributed by atoms with Crippen LogP contribution in [0.15, 0.2) is 10.4 Å². The predicted octanol–water partition coefficient (Wildman–Crippen LogP) is 2.29. The molecule has 60 valence electrons. The highest BCUT2D eigenvalue weighted by atomic mass is 15.9. The van der Waals surface area contributed by atoms with Crippen molar-refractivity contribution in [1.82, 2.24) is 0 Å². The first-order valence-corrected chi connectivity index (χ1v) is 3.25. The van der Waals surface area contributed by atoms with Crippen LogP contribution in [-0.2, 0) is 0 Å². The number of nitrogens with zero attached hydrogens (tertiary/aromatic N) is 7. The van der Waals surface area contributed by atoms with Crippen molar-refractivity contribution < 1.29 is 4.70 Å². The van der Waals surface area contributed by atoms with Crippen LogP contribution < -0.4 is 0 Å². The van der Waals surface area contributed by atoms with Crippen molar-refractivity contribution in [3.63, 3.8) is 0 Å². The smallest absolute Gasteiger partial charge is 0.107 e. The quantitative estimate of drug-likeness (QED) is 0.196. The van der Waals surface area contributed by atoms with Gasteiger partial charge >= 0.3 is 0 Å².